The number of likely N-dealkylation sites (N-methyl/N-ethyl adjacent to an activating group) is 1. The predicted octanol–water partition coefficient (Wildman–Crippen LogP) is 1.06. The second kappa shape index (κ2) is 5.11. The van der Waals surface area contributed by atoms with Gasteiger partial charge in [-0.25, -0.2) is 4.98 Å². The summed E-state index contributed by atoms with van der Waals surface area (Å²) < 4.78 is 37.9. The zero-order valence-corrected chi connectivity index (χ0v) is 9.88. The fourth-order valence-electron chi connectivity index (χ4n) is 1.32. The molecular weight excluding hydrogens is 249 g/mol. The maximum atomic E-state index is 12.6. The van der Waals surface area contributed by atoms with Crippen LogP contribution in [0.5, 0.6) is 0 Å². The molecule has 0 aliphatic carbocycles. The van der Waals surface area contributed by atoms with Crippen molar-refractivity contribution in [2.45, 2.75) is 6.18 Å². The summed E-state index contributed by atoms with van der Waals surface area (Å²) in [6, 6.07) is 1.76. The predicted molar refractivity (Wildman–Crippen MR) is 61.3 cm³/mol. The first kappa shape index (κ1) is 14.1. The molecule has 0 aliphatic rings. The Morgan fingerprint density at radius 1 is 1.50 bits per heavy atom. The molecule has 3 N–H and O–H groups in total. The smallest absolute Gasteiger partial charge is 0.373 e. The number of hydrogen-bond acceptors (Lipinski definition) is 4. The van der Waals surface area contributed by atoms with Gasteiger partial charge in [0.15, 0.2) is 0 Å². The number of hydrogen-bond donors (Lipinski definition) is 2. The SMILES string of the molecule is CNc1cc(C(F)(F)F)cc(N(C)CC(N)=O)n1. The molecule has 0 aliphatic heterocycles. The van der Waals surface area contributed by atoms with Crippen LogP contribution in [0.1, 0.15) is 5.56 Å². The molecule has 0 radical (unpaired) electrons. The Kier molecular flexibility index (Phi) is 4.00. The van der Waals surface area contributed by atoms with Crippen molar-refractivity contribution in [3.8, 4) is 0 Å². The molecular formula is C10H13F3N4O. The Morgan fingerprint density at radius 3 is 2.56 bits per heavy atom. The van der Waals surface area contributed by atoms with Gasteiger partial charge in [-0.15, -0.1) is 0 Å². The Hall–Kier alpha value is -1.99. The zero-order chi connectivity index (χ0) is 13.9. The normalized spacial score (nSPS) is 11.2. The summed E-state index contributed by atoms with van der Waals surface area (Å²) in [5.74, 6) is -0.563. The number of nitrogens with one attached hydrogen (secondary N) is 1. The maximum Gasteiger partial charge on any atom is 0.416 e. The minimum absolute atomic E-state index is 0.0213. The second-order valence-electron chi connectivity index (χ2n) is 3.67. The number of nitrogens with zero attached hydrogens (tertiary/aromatic N) is 2. The van der Waals surface area contributed by atoms with E-state index in [2.05, 4.69) is 10.3 Å². The summed E-state index contributed by atoms with van der Waals surface area (Å²) in [4.78, 5) is 15.9. The Balaban J connectivity index is 3.15. The number of rotatable bonds is 4. The van der Waals surface area contributed by atoms with Crippen LogP contribution in [-0.2, 0) is 11.0 Å². The van der Waals surface area contributed by atoms with E-state index in [-0.39, 0.29) is 18.2 Å². The number of anilines is 2. The first-order valence-electron chi connectivity index (χ1n) is 5.00. The number of alkyl halides is 3. The summed E-state index contributed by atoms with van der Waals surface area (Å²) >= 11 is 0. The van der Waals surface area contributed by atoms with Crippen molar-refractivity contribution in [3.05, 3.63) is 17.7 Å². The van der Waals surface area contributed by atoms with Crippen LogP contribution >= 0.6 is 0 Å². The maximum absolute atomic E-state index is 12.6. The van der Waals surface area contributed by atoms with Crippen LogP contribution in [0.2, 0.25) is 0 Å². The molecule has 0 unspecified atom stereocenters. The molecule has 0 aromatic carbocycles. The van der Waals surface area contributed by atoms with Gasteiger partial charge in [0.25, 0.3) is 0 Å². The molecule has 100 valence electrons. The van der Waals surface area contributed by atoms with Gasteiger partial charge in [0.1, 0.15) is 11.6 Å². The lowest BCUT2D eigenvalue weighted by Gasteiger charge is -2.19. The first-order valence-corrected chi connectivity index (χ1v) is 5.00. The van der Waals surface area contributed by atoms with Crippen molar-refractivity contribution in [3.63, 3.8) is 0 Å². The van der Waals surface area contributed by atoms with Crippen molar-refractivity contribution >= 4 is 17.5 Å². The molecule has 1 rings (SSSR count). The summed E-state index contributed by atoms with van der Waals surface area (Å²) in [7, 11) is 2.90. The minimum Gasteiger partial charge on any atom is -0.373 e. The highest BCUT2D eigenvalue weighted by Gasteiger charge is 2.32. The Labute approximate surface area is 102 Å². The third kappa shape index (κ3) is 3.51. The van der Waals surface area contributed by atoms with E-state index in [0.717, 1.165) is 12.1 Å². The van der Waals surface area contributed by atoms with Crippen LogP contribution in [0.25, 0.3) is 0 Å². The highest BCUT2D eigenvalue weighted by molar-refractivity contribution is 5.79. The van der Waals surface area contributed by atoms with E-state index >= 15 is 0 Å². The zero-order valence-electron chi connectivity index (χ0n) is 9.88. The third-order valence-electron chi connectivity index (χ3n) is 2.18. The fraction of sp³-hybridized carbons (Fsp3) is 0.400. The molecule has 1 amide bonds. The van der Waals surface area contributed by atoms with E-state index in [1.165, 1.54) is 19.0 Å². The number of halogens is 3. The lowest BCUT2D eigenvalue weighted by atomic mass is 10.2. The van der Waals surface area contributed by atoms with Crippen LogP contribution in [0.3, 0.4) is 0 Å². The summed E-state index contributed by atoms with van der Waals surface area (Å²) in [6.45, 7) is -0.211. The van der Waals surface area contributed by atoms with Gasteiger partial charge in [-0.3, -0.25) is 4.79 Å². The van der Waals surface area contributed by atoms with Gasteiger partial charge < -0.3 is 16.0 Å². The third-order valence-corrected chi connectivity index (χ3v) is 2.18. The van der Waals surface area contributed by atoms with Gasteiger partial charge in [0.2, 0.25) is 5.91 Å². The van der Waals surface area contributed by atoms with Gasteiger partial charge >= 0.3 is 6.18 Å². The van der Waals surface area contributed by atoms with Gasteiger partial charge in [-0.2, -0.15) is 13.2 Å². The molecule has 0 atom stereocenters. The molecule has 8 heteroatoms. The van der Waals surface area contributed by atoms with Gasteiger partial charge in [0, 0.05) is 14.1 Å². The molecule has 0 saturated carbocycles. The van der Waals surface area contributed by atoms with E-state index in [1.807, 2.05) is 0 Å². The summed E-state index contributed by atoms with van der Waals surface area (Å²) in [5.41, 5.74) is 4.14. The average Bonchev–Trinajstić information content (AvgIpc) is 2.26. The van der Waals surface area contributed by atoms with Gasteiger partial charge in [0.05, 0.1) is 12.1 Å². The number of aromatic nitrogens is 1. The first-order chi connectivity index (χ1) is 8.24. The minimum atomic E-state index is -4.48. The lowest BCUT2D eigenvalue weighted by molar-refractivity contribution is -0.137. The van der Waals surface area contributed by atoms with Crippen LogP contribution < -0.4 is 16.0 Å². The van der Waals surface area contributed by atoms with Gasteiger partial charge in [-0.1, -0.05) is 0 Å². The van der Waals surface area contributed by atoms with Gasteiger partial charge in [-0.05, 0) is 12.1 Å². The van der Waals surface area contributed by atoms with Crippen LogP contribution in [0.15, 0.2) is 12.1 Å². The Morgan fingerprint density at radius 2 is 2.11 bits per heavy atom. The molecule has 0 fully saturated rings. The largest absolute Gasteiger partial charge is 0.416 e. The van der Waals surface area contributed by atoms with Crippen molar-refractivity contribution in [2.75, 3.05) is 30.9 Å². The van der Waals surface area contributed by atoms with Crippen LogP contribution in [0.4, 0.5) is 24.8 Å². The summed E-state index contributed by atoms with van der Waals surface area (Å²) in [6.07, 6.45) is -4.48. The molecule has 5 nitrogen and oxygen atoms in total. The molecule has 18 heavy (non-hydrogen) atoms. The van der Waals surface area contributed by atoms with Crippen molar-refractivity contribution < 1.29 is 18.0 Å². The average molecular weight is 262 g/mol. The number of primary amides is 1. The Bertz CT molecular complexity index is 447. The number of carbonyl (C=O) groups excluding carboxylic acids is 1. The monoisotopic (exact) mass is 262 g/mol. The quantitative estimate of drug-likeness (QED) is 0.851. The molecule has 0 saturated heterocycles. The van der Waals surface area contributed by atoms with E-state index in [0.29, 0.717) is 0 Å². The van der Waals surface area contributed by atoms with E-state index in [9.17, 15) is 18.0 Å². The molecule has 0 spiro atoms. The number of pyridine rings is 1. The van der Waals surface area contributed by atoms with Crippen LogP contribution in [-0.4, -0.2) is 31.5 Å². The topological polar surface area (TPSA) is 71.2 Å². The number of nitrogens with two attached hydrogens (primary N) is 1. The lowest BCUT2D eigenvalue weighted by Crippen LogP contribution is -2.31. The highest BCUT2D eigenvalue weighted by atomic mass is 19.4. The second-order valence-corrected chi connectivity index (χ2v) is 3.67. The van der Waals surface area contributed by atoms with Crippen molar-refractivity contribution in [1.82, 2.24) is 4.98 Å². The summed E-state index contributed by atoms with van der Waals surface area (Å²) in [5, 5.41) is 2.53. The molecule has 0 bridgehead atoms. The number of amides is 1. The number of carbonyl (C=O) groups is 1. The standard InChI is InChI=1S/C10H13F3N4O/c1-15-8-3-6(10(11,12)13)4-9(16-8)17(2)5-7(14)18/h3-4H,5H2,1-2H3,(H2,14,18)(H,15,16). The molecule has 1 aromatic rings. The fourth-order valence-corrected chi connectivity index (χ4v) is 1.32. The van der Waals surface area contributed by atoms with Crippen LogP contribution in [0, 0.1) is 0 Å². The molecule has 1 heterocycles. The highest BCUT2D eigenvalue weighted by Crippen LogP contribution is 2.32. The van der Waals surface area contributed by atoms with E-state index in [1.54, 1.807) is 0 Å². The van der Waals surface area contributed by atoms with Crippen molar-refractivity contribution in [2.24, 2.45) is 5.73 Å². The molecule has 1 aromatic heterocycles. The van der Waals surface area contributed by atoms with E-state index in [4.69, 9.17) is 5.73 Å². The van der Waals surface area contributed by atoms with Crippen molar-refractivity contribution in [1.29, 1.82) is 0 Å². The van der Waals surface area contributed by atoms with E-state index < -0.39 is 17.6 Å².